The zero-order valence-corrected chi connectivity index (χ0v) is 22.1. The number of anilines is 1. The summed E-state index contributed by atoms with van der Waals surface area (Å²) in [5.41, 5.74) is 11.0. The van der Waals surface area contributed by atoms with E-state index in [0.717, 1.165) is 66.1 Å². The molecule has 0 saturated carbocycles. The largest absolute Gasteiger partial charge is 0.382 e. The van der Waals surface area contributed by atoms with Gasteiger partial charge in [0.1, 0.15) is 17.9 Å². The molecule has 0 fully saturated rings. The summed E-state index contributed by atoms with van der Waals surface area (Å²) in [5, 5.41) is 1.01. The van der Waals surface area contributed by atoms with Gasteiger partial charge in [-0.1, -0.05) is 63.6 Å². The van der Waals surface area contributed by atoms with Crippen molar-refractivity contribution in [3.8, 4) is 0 Å². The van der Waals surface area contributed by atoms with Gasteiger partial charge < -0.3 is 15.0 Å². The molecule has 2 heterocycles. The fourth-order valence-electron chi connectivity index (χ4n) is 4.18. The Bertz CT molecular complexity index is 1280. The monoisotopic (exact) mass is 496 g/mol. The van der Waals surface area contributed by atoms with E-state index < -0.39 is 5.92 Å². The molecule has 0 radical (unpaired) electrons. The van der Waals surface area contributed by atoms with Crippen LogP contribution in [-0.4, -0.2) is 21.1 Å². The van der Waals surface area contributed by atoms with Crippen molar-refractivity contribution in [2.45, 2.75) is 79.4 Å². The van der Waals surface area contributed by atoms with Gasteiger partial charge in [0.05, 0.1) is 11.0 Å². The van der Waals surface area contributed by atoms with E-state index >= 15 is 0 Å². The lowest BCUT2D eigenvalue weighted by Crippen LogP contribution is -2.06. The van der Waals surface area contributed by atoms with E-state index in [1.54, 1.807) is 12.1 Å². The van der Waals surface area contributed by atoms with Gasteiger partial charge in [0.2, 0.25) is 0 Å². The topological polar surface area (TPSA) is 66.0 Å². The minimum Gasteiger partial charge on any atom is -0.382 e. The third-order valence-electron chi connectivity index (χ3n) is 5.89. The summed E-state index contributed by atoms with van der Waals surface area (Å²) in [4.78, 5) is 9.37. The Morgan fingerprint density at radius 1 is 0.944 bits per heavy atom. The maximum atomic E-state index is 13.4. The molecule has 0 spiro atoms. The first-order valence-electron chi connectivity index (χ1n) is 12.9. The molecule has 36 heavy (non-hydrogen) atoms. The standard InChI is InChI=1S/C26H30F2N4O.C3H8/c1-4-14-32-22(16-33-5-2)31-23-24(32)20-13-10-18(15-21(20)30-25(23)29)7-6-17-8-11-19(12-9-17)26(3,27)28;1-3-2/h8-13,15H,4-7,14,16H2,1-3H3,(H2,29,30);3H2,1-2H3. The van der Waals surface area contributed by atoms with Gasteiger partial charge in [0, 0.05) is 31.0 Å². The summed E-state index contributed by atoms with van der Waals surface area (Å²) >= 11 is 0. The Labute approximate surface area is 212 Å². The van der Waals surface area contributed by atoms with Crippen LogP contribution in [0.15, 0.2) is 42.5 Å². The SMILES string of the molecule is CCC.CCCn1c(COCC)nc2c(N)nc3cc(CCc4ccc(C(C)(F)F)cc4)ccc3c21. The van der Waals surface area contributed by atoms with Crippen molar-refractivity contribution in [1.82, 2.24) is 14.5 Å². The predicted molar refractivity (Wildman–Crippen MR) is 144 cm³/mol. The van der Waals surface area contributed by atoms with Gasteiger partial charge in [-0.25, -0.2) is 18.7 Å². The number of aryl methyl sites for hydroxylation is 3. The summed E-state index contributed by atoms with van der Waals surface area (Å²) in [6, 6.07) is 12.8. The predicted octanol–water partition coefficient (Wildman–Crippen LogP) is 7.43. The number of alkyl halides is 2. The summed E-state index contributed by atoms with van der Waals surface area (Å²) in [5.74, 6) is -1.54. The molecule has 0 amide bonds. The van der Waals surface area contributed by atoms with Crippen molar-refractivity contribution in [2.24, 2.45) is 0 Å². The first-order chi connectivity index (χ1) is 17.2. The van der Waals surface area contributed by atoms with Crippen molar-refractivity contribution in [3.05, 3.63) is 65.0 Å². The highest BCUT2D eigenvalue weighted by molar-refractivity contribution is 6.06. The van der Waals surface area contributed by atoms with Crippen molar-refractivity contribution >= 4 is 27.8 Å². The number of fused-ring (bicyclic) bond motifs is 3. The smallest absolute Gasteiger partial charge is 0.270 e. The summed E-state index contributed by atoms with van der Waals surface area (Å²) in [6.45, 7) is 11.1. The maximum absolute atomic E-state index is 13.4. The molecule has 4 aromatic rings. The van der Waals surface area contributed by atoms with Gasteiger partial charge in [-0.3, -0.25) is 0 Å². The van der Waals surface area contributed by atoms with E-state index in [9.17, 15) is 8.78 Å². The second-order valence-electron chi connectivity index (χ2n) is 9.15. The van der Waals surface area contributed by atoms with E-state index in [1.807, 2.05) is 6.92 Å². The van der Waals surface area contributed by atoms with Gasteiger partial charge in [0.25, 0.3) is 5.92 Å². The lowest BCUT2D eigenvalue weighted by Gasteiger charge is -2.12. The molecule has 2 aromatic heterocycles. The average molecular weight is 497 g/mol. The molecular formula is C29H38F2N4O. The zero-order chi connectivity index (χ0) is 26.3. The molecule has 0 atom stereocenters. The first-order valence-corrected chi connectivity index (χ1v) is 12.9. The van der Waals surface area contributed by atoms with Crippen molar-refractivity contribution in [2.75, 3.05) is 12.3 Å². The molecular weight excluding hydrogens is 458 g/mol. The first kappa shape index (κ1) is 27.5. The molecule has 4 rings (SSSR count). The molecule has 0 saturated heterocycles. The summed E-state index contributed by atoms with van der Waals surface area (Å²) in [7, 11) is 0. The van der Waals surface area contributed by atoms with Gasteiger partial charge in [-0.05, 0) is 43.4 Å². The lowest BCUT2D eigenvalue weighted by molar-refractivity contribution is 0.0174. The highest BCUT2D eigenvalue weighted by Gasteiger charge is 2.23. The Morgan fingerprint density at radius 3 is 2.19 bits per heavy atom. The molecule has 0 aliphatic carbocycles. The molecule has 0 unspecified atom stereocenters. The number of benzene rings is 2. The highest BCUT2D eigenvalue weighted by Crippen LogP contribution is 2.31. The molecule has 0 aliphatic heterocycles. The second kappa shape index (κ2) is 12.3. The molecule has 0 aliphatic rings. The van der Waals surface area contributed by atoms with Crippen LogP contribution < -0.4 is 5.73 Å². The van der Waals surface area contributed by atoms with E-state index in [1.165, 1.54) is 18.6 Å². The molecule has 2 aromatic carbocycles. The van der Waals surface area contributed by atoms with Crippen LogP contribution in [0.5, 0.6) is 0 Å². The fraction of sp³-hybridized carbons (Fsp3) is 0.448. The third kappa shape index (κ3) is 6.38. The number of hydrogen-bond acceptors (Lipinski definition) is 4. The Hall–Kier alpha value is -3.06. The van der Waals surface area contributed by atoms with Crippen LogP contribution in [0.25, 0.3) is 21.9 Å². The number of imidazole rings is 1. The van der Waals surface area contributed by atoms with Crippen molar-refractivity contribution < 1.29 is 13.5 Å². The average Bonchev–Trinajstić information content (AvgIpc) is 3.21. The van der Waals surface area contributed by atoms with Crippen LogP contribution in [0.1, 0.15) is 70.0 Å². The molecule has 7 heteroatoms. The minimum absolute atomic E-state index is 0.0352. The van der Waals surface area contributed by atoms with Crippen LogP contribution in [0.4, 0.5) is 14.6 Å². The van der Waals surface area contributed by atoms with E-state index in [4.69, 9.17) is 15.5 Å². The number of nitrogen functional groups attached to an aromatic ring is 1. The maximum Gasteiger partial charge on any atom is 0.270 e. The molecule has 5 nitrogen and oxygen atoms in total. The summed E-state index contributed by atoms with van der Waals surface area (Å²) < 4.78 is 34.7. The van der Waals surface area contributed by atoms with Gasteiger partial charge in [-0.2, -0.15) is 0 Å². The summed E-state index contributed by atoms with van der Waals surface area (Å²) in [6.07, 6.45) is 3.75. The number of halogens is 2. The van der Waals surface area contributed by atoms with Gasteiger partial charge in [0.15, 0.2) is 5.82 Å². The van der Waals surface area contributed by atoms with E-state index in [2.05, 4.69) is 48.5 Å². The van der Waals surface area contributed by atoms with Crippen molar-refractivity contribution in [1.29, 1.82) is 0 Å². The number of pyridine rings is 1. The molecule has 194 valence electrons. The van der Waals surface area contributed by atoms with Crippen LogP contribution in [0.2, 0.25) is 0 Å². The molecule has 2 N–H and O–H groups in total. The second-order valence-corrected chi connectivity index (χ2v) is 9.15. The fourth-order valence-corrected chi connectivity index (χ4v) is 4.18. The Morgan fingerprint density at radius 2 is 1.58 bits per heavy atom. The van der Waals surface area contributed by atoms with Crippen LogP contribution in [0.3, 0.4) is 0 Å². The van der Waals surface area contributed by atoms with Crippen LogP contribution in [-0.2, 0) is 36.7 Å². The third-order valence-corrected chi connectivity index (χ3v) is 5.89. The number of aromatic nitrogens is 3. The number of nitrogens with two attached hydrogens (primary N) is 1. The van der Waals surface area contributed by atoms with Crippen LogP contribution >= 0.6 is 0 Å². The number of ether oxygens (including phenoxy) is 1. The minimum atomic E-state index is -2.82. The van der Waals surface area contributed by atoms with Crippen LogP contribution in [0, 0.1) is 0 Å². The van der Waals surface area contributed by atoms with Gasteiger partial charge >= 0.3 is 0 Å². The number of rotatable bonds is 9. The Kier molecular flexibility index (Phi) is 9.37. The number of hydrogen-bond donors (Lipinski definition) is 1. The van der Waals surface area contributed by atoms with Gasteiger partial charge in [-0.15, -0.1) is 0 Å². The highest BCUT2D eigenvalue weighted by atomic mass is 19.3. The quantitative estimate of drug-likeness (QED) is 0.262. The zero-order valence-electron chi connectivity index (χ0n) is 22.1. The molecule has 0 bridgehead atoms. The van der Waals surface area contributed by atoms with E-state index in [-0.39, 0.29) is 5.56 Å². The lowest BCUT2D eigenvalue weighted by atomic mass is 10.0. The van der Waals surface area contributed by atoms with E-state index in [0.29, 0.717) is 24.5 Å². The normalized spacial score (nSPS) is 11.6. The Balaban J connectivity index is 0.00000115. The number of nitrogens with zero attached hydrogens (tertiary/aromatic N) is 3. The van der Waals surface area contributed by atoms with Crippen molar-refractivity contribution in [3.63, 3.8) is 0 Å².